The average molecular weight is 405 g/mol. The molecule has 8 heteroatoms. The molecule has 0 spiro atoms. The summed E-state index contributed by atoms with van der Waals surface area (Å²) in [6, 6.07) is 3.89. The Morgan fingerprint density at radius 2 is 1.86 bits per heavy atom. The molecule has 0 saturated heterocycles. The molecule has 0 aliphatic carbocycles. The van der Waals surface area contributed by atoms with Gasteiger partial charge in [0.1, 0.15) is 5.75 Å². The minimum Gasteiger partial charge on any atom is -0.493 e. The van der Waals surface area contributed by atoms with E-state index in [1.165, 1.54) is 13.0 Å². The molecule has 160 valence electrons. The van der Waals surface area contributed by atoms with E-state index >= 15 is 0 Å². The smallest absolute Gasteiger partial charge is 0.419 e. The van der Waals surface area contributed by atoms with Crippen LogP contribution in [0, 0.1) is 0 Å². The highest BCUT2D eigenvalue weighted by Gasteiger charge is 2.35. The first kappa shape index (κ1) is 24.1. The van der Waals surface area contributed by atoms with E-state index in [1.807, 2.05) is 0 Å². The summed E-state index contributed by atoms with van der Waals surface area (Å²) >= 11 is 0. The average Bonchev–Trinajstić information content (AvgIpc) is 2.62. The molecule has 0 aliphatic rings. The molecule has 0 unspecified atom stereocenters. The van der Waals surface area contributed by atoms with Gasteiger partial charge in [0, 0.05) is 0 Å². The lowest BCUT2D eigenvalue weighted by molar-refractivity contribution is -0.139. The molecule has 0 heterocycles. The highest BCUT2D eigenvalue weighted by Crippen LogP contribution is 2.37. The molecule has 0 aliphatic heterocycles. The molecule has 0 fully saturated rings. The lowest BCUT2D eigenvalue weighted by atomic mass is 9.93. The first-order chi connectivity index (χ1) is 13.1. The van der Waals surface area contributed by atoms with Crippen molar-refractivity contribution in [3.05, 3.63) is 29.3 Å². The lowest BCUT2D eigenvalue weighted by Gasteiger charge is -2.27. The monoisotopic (exact) mass is 405 g/mol. The van der Waals surface area contributed by atoms with Gasteiger partial charge in [0.05, 0.1) is 24.3 Å². The van der Waals surface area contributed by atoms with Crippen LogP contribution in [0.4, 0.5) is 18.0 Å². The van der Waals surface area contributed by atoms with Crippen molar-refractivity contribution in [1.29, 1.82) is 0 Å². The van der Waals surface area contributed by atoms with Gasteiger partial charge in [-0.15, -0.1) is 0 Å². The molecule has 1 aromatic rings. The number of aliphatic hydroxyl groups is 1. The number of unbranched alkanes of at least 4 members (excludes halogenated alkanes) is 4. The minimum atomic E-state index is -4.55. The summed E-state index contributed by atoms with van der Waals surface area (Å²) in [6.45, 7) is 3.37. The Morgan fingerprint density at radius 1 is 1.18 bits per heavy atom. The Morgan fingerprint density at radius 3 is 2.43 bits per heavy atom. The second-order valence-electron chi connectivity index (χ2n) is 7.24. The first-order valence-electron chi connectivity index (χ1n) is 9.56. The van der Waals surface area contributed by atoms with Crippen LogP contribution in [0.3, 0.4) is 0 Å². The molecule has 0 radical (unpaired) electrons. The van der Waals surface area contributed by atoms with Crippen LogP contribution in [0.1, 0.15) is 63.5 Å². The summed E-state index contributed by atoms with van der Waals surface area (Å²) in [4.78, 5) is 10.8. The predicted octanol–water partition coefficient (Wildman–Crippen LogP) is 5.01. The van der Waals surface area contributed by atoms with Crippen LogP contribution in [-0.2, 0) is 12.6 Å². The van der Waals surface area contributed by atoms with E-state index < -0.39 is 30.0 Å². The van der Waals surface area contributed by atoms with E-state index in [9.17, 15) is 23.1 Å². The van der Waals surface area contributed by atoms with Gasteiger partial charge in [-0.2, -0.15) is 13.2 Å². The van der Waals surface area contributed by atoms with Crippen LogP contribution in [0.2, 0.25) is 0 Å². The van der Waals surface area contributed by atoms with Crippen LogP contribution in [0.5, 0.6) is 5.75 Å². The Bertz CT molecular complexity index is 622. The second kappa shape index (κ2) is 11.1. The topological polar surface area (TPSA) is 78.8 Å². The number of hydrogen-bond donors (Lipinski definition) is 3. The zero-order chi connectivity index (χ0) is 21.2. The lowest BCUT2D eigenvalue weighted by Crippen LogP contribution is -2.48. The maximum atomic E-state index is 13.4. The second-order valence-corrected chi connectivity index (χ2v) is 7.24. The number of amides is 1. The summed E-state index contributed by atoms with van der Waals surface area (Å²) in [5.41, 5.74) is -1.57. The summed E-state index contributed by atoms with van der Waals surface area (Å²) in [6.07, 6.45) is -0.647. The highest BCUT2D eigenvalue weighted by molar-refractivity contribution is 5.65. The van der Waals surface area contributed by atoms with E-state index in [1.54, 1.807) is 6.07 Å². The number of nitrogens with one attached hydrogen (secondary N) is 1. The van der Waals surface area contributed by atoms with Crippen molar-refractivity contribution >= 4 is 6.09 Å². The SMILES string of the molecule is CCCCCCCOc1ccc(CC[C@](C)(CO)NC(=O)O)cc1C(F)(F)F. The van der Waals surface area contributed by atoms with Crippen molar-refractivity contribution in [3.63, 3.8) is 0 Å². The van der Waals surface area contributed by atoms with E-state index in [0.717, 1.165) is 31.7 Å². The zero-order valence-corrected chi connectivity index (χ0v) is 16.4. The van der Waals surface area contributed by atoms with Crippen LogP contribution >= 0.6 is 0 Å². The van der Waals surface area contributed by atoms with E-state index in [0.29, 0.717) is 12.0 Å². The molecule has 1 aromatic carbocycles. The number of aliphatic hydroxyl groups excluding tert-OH is 1. The molecule has 1 amide bonds. The van der Waals surface area contributed by atoms with Crippen LogP contribution in [0.15, 0.2) is 18.2 Å². The Labute approximate surface area is 163 Å². The number of carboxylic acid groups (broad SMARTS) is 1. The number of carbonyl (C=O) groups is 1. The molecule has 0 aromatic heterocycles. The standard InChI is InChI=1S/C20H30F3NO4/c1-3-4-5-6-7-12-28-17-9-8-15(13-16(17)20(21,22)23)10-11-19(2,14-25)24-18(26)27/h8-9,13,24-25H,3-7,10-12,14H2,1-2H3,(H,26,27)/t19-/m1/s1. The maximum absolute atomic E-state index is 13.4. The molecular weight excluding hydrogens is 375 g/mol. The van der Waals surface area contributed by atoms with Crippen molar-refractivity contribution in [2.45, 2.75) is 70.5 Å². The quantitative estimate of drug-likeness (QED) is 0.427. The van der Waals surface area contributed by atoms with Gasteiger partial charge in [0.2, 0.25) is 0 Å². The number of rotatable bonds is 12. The number of benzene rings is 1. The van der Waals surface area contributed by atoms with Crippen molar-refractivity contribution < 1.29 is 32.9 Å². The van der Waals surface area contributed by atoms with Gasteiger partial charge < -0.3 is 20.3 Å². The van der Waals surface area contributed by atoms with Crippen LogP contribution in [-0.4, -0.2) is 35.1 Å². The number of ether oxygens (including phenoxy) is 1. The predicted molar refractivity (Wildman–Crippen MR) is 101 cm³/mol. The third-order valence-electron chi connectivity index (χ3n) is 4.58. The minimum absolute atomic E-state index is 0.157. The van der Waals surface area contributed by atoms with Gasteiger partial charge in [-0.3, -0.25) is 0 Å². The third kappa shape index (κ3) is 8.37. The summed E-state index contributed by atoms with van der Waals surface area (Å²) in [5.74, 6) is -0.194. The maximum Gasteiger partial charge on any atom is 0.419 e. The summed E-state index contributed by atoms with van der Waals surface area (Å²) in [7, 11) is 0. The molecule has 0 saturated carbocycles. The Balaban J connectivity index is 2.78. The van der Waals surface area contributed by atoms with Crippen molar-refractivity contribution in [1.82, 2.24) is 5.32 Å². The zero-order valence-electron chi connectivity index (χ0n) is 16.4. The molecule has 28 heavy (non-hydrogen) atoms. The Hall–Kier alpha value is -1.96. The molecular formula is C20H30F3NO4. The number of aryl methyl sites for hydroxylation is 1. The number of hydrogen-bond acceptors (Lipinski definition) is 3. The van der Waals surface area contributed by atoms with Crippen molar-refractivity contribution in [2.75, 3.05) is 13.2 Å². The van der Waals surface area contributed by atoms with Crippen molar-refractivity contribution in [2.24, 2.45) is 0 Å². The Kier molecular flexibility index (Phi) is 9.58. The summed E-state index contributed by atoms with van der Waals surface area (Å²) < 4.78 is 45.6. The fourth-order valence-corrected chi connectivity index (χ4v) is 2.83. The number of halogens is 3. The fraction of sp³-hybridized carbons (Fsp3) is 0.650. The van der Waals surface area contributed by atoms with E-state index in [4.69, 9.17) is 9.84 Å². The number of alkyl halides is 3. The summed E-state index contributed by atoms with van der Waals surface area (Å²) in [5, 5.41) is 20.4. The van der Waals surface area contributed by atoms with Crippen LogP contribution in [0.25, 0.3) is 0 Å². The molecule has 1 atom stereocenters. The van der Waals surface area contributed by atoms with Gasteiger partial charge in [0.25, 0.3) is 0 Å². The normalized spacial score (nSPS) is 13.8. The van der Waals surface area contributed by atoms with E-state index in [-0.39, 0.29) is 25.2 Å². The molecule has 5 nitrogen and oxygen atoms in total. The molecule has 0 bridgehead atoms. The molecule has 1 rings (SSSR count). The van der Waals surface area contributed by atoms with Gasteiger partial charge in [0.15, 0.2) is 0 Å². The largest absolute Gasteiger partial charge is 0.493 e. The van der Waals surface area contributed by atoms with Crippen molar-refractivity contribution in [3.8, 4) is 5.75 Å². The van der Waals surface area contributed by atoms with Crippen LogP contribution < -0.4 is 10.1 Å². The van der Waals surface area contributed by atoms with Gasteiger partial charge >= 0.3 is 12.3 Å². The molecule has 3 N–H and O–H groups in total. The third-order valence-corrected chi connectivity index (χ3v) is 4.58. The first-order valence-corrected chi connectivity index (χ1v) is 9.56. The van der Waals surface area contributed by atoms with E-state index in [2.05, 4.69) is 12.2 Å². The van der Waals surface area contributed by atoms with Gasteiger partial charge in [-0.05, 0) is 43.9 Å². The van der Waals surface area contributed by atoms with Gasteiger partial charge in [-0.25, -0.2) is 4.79 Å². The fourth-order valence-electron chi connectivity index (χ4n) is 2.83. The van der Waals surface area contributed by atoms with Gasteiger partial charge in [-0.1, -0.05) is 38.7 Å². The highest BCUT2D eigenvalue weighted by atomic mass is 19.4.